The van der Waals surface area contributed by atoms with E-state index in [-0.39, 0.29) is 24.1 Å². The summed E-state index contributed by atoms with van der Waals surface area (Å²) in [7, 11) is -2.96. The van der Waals surface area contributed by atoms with Gasteiger partial charge in [-0.1, -0.05) is 29.3 Å². The van der Waals surface area contributed by atoms with Gasteiger partial charge in [0, 0.05) is 28.2 Å². The number of aliphatic hydroxyl groups is 1. The highest BCUT2D eigenvalue weighted by Gasteiger charge is 2.25. The molecule has 112 valence electrons. The SMILES string of the molecule is O=S1(=O)CCCC(NCC(O)c2c(Cl)cccc2Cl)C1. The first kappa shape index (κ1) is 16.0. The van der Waals surface area contributed by atoms with E-state index in [1.807, 2.05) is 0 Å². The van der Waals surface area contributed by atoms with E-state index >= 15 is 0 Å². The van der Waals surface area contributed by atoms with Gasteiger partial charge in [0.2, 0.25) is 0 Å². The zero-order valence-corrected chi connectivity index (χ0v) is 13.2. The summed E-state index contributed by atoms with van der Waals surface area (Å²) in [6.07, 6.45) is 0.589. The number of aliphatic hydroxyl groups excluding tert-OH is 1. The number of hydrogen-bond acceptors (Lipinski definition) is 4. The number of nitrogens with one attached hydrogen (secondary N) is 1. The normalized spacial score (nSPS) is 23.4. The summed E-state index contributed by atoms with van der Waals surface area (Å²) in [4.78, 5) is 0. The molecule has 7 heteroatoms. The van der Waals surface area contributed by atoms with Gasteiger partial charge in [-0.3, -0.25) is 0 Å². The Kier molecular flexibility index (Phi) is 5.31. The number of halogens is 2. The van der Waals surface area contributed by atoms with Crippen molar-refractivity contribution in [1.29, 1.82) is 0 Å². The highest BCUT2D eigenvalue weighted by Crippen LogP contribution is 2.30. The van der Waals surface area contributed by atoms with Gasteiger partial charge in [-0.2, -0.15) is 0 Å². The van der Waals surface area contributed by atoms with Crippen LogP contribution in [0.1, 0.15) is 24.5 Å². The predicted octanol–water partition coefficient (Wildman–Crippen LogP) is 2.19. The Labute approximate surface area is 129 Å². The fraction of sp³-hybridized carbons (Fsp3) is 0.538. The summed E-state index contributed by atoms with van der Waals surface area (Å²) in [5.41, 5.74) is 0.474. The van der Waals surface area contributed by atoms with Gasteiger partial charge in [0.05, 0.1) is 17.6 Å². The van der Waals surface area contributed by atoms with Crippen molar-refractivity contribution in [2.75, 3.05) is 18.1 Å². The average Bonchev–Trinajstić information content (AvgIpc) is 2.35. The molecule has 2 atom stereocenters. The molecule has 0 aliphatic carbocycles. The quantitative estimate of drug-likeness (QED) is 0.883. The van der Waals surface area contributed by atoms with Crippen LogP contribution in [0.2, 0.25) is 10.0 Å². The van der Waals surface area contributed by atoms with Crippen LogP contribution in [0.15, 0.2) is 18.2 Å². The molecule has 1 fully saturated rings. The molecule has 1 aliphatic rings. The smallest absolute Gasteiger partial charge is 0.151 e. The molecular formula is C13H17Cl2NO3S. The molecule has 2 N–H and O–H groups in total. The molecule has 0 bridgehead atoms. The molecule has 1 aliphatic heterocycles. The van der Waals surface area contributed by atoms with E-state index in [1.165, 1.54) is 0 Å². The molecule has 2 rings (SSSR count). The van der Waals surface area contributed by atoms with Crippen LogP contribution < -0.4 is 5.32 Å². The Morgan fingerprint density at radius 3 is 2.60 bits per heavy atom. The van der Waals surface area contributed by atoms with Crippen LogP contribution in [0.25, 0.3) is 0 Å². The van der Waals surface area contributed by atoms with Crippen molar-refractivity contribution in [2.45, 2.75) is 25.0 Å². The van der Waals surface area contributed by atoms with Gasteiger partial charge in [0.25, 0.3) is 0 Å². The number of sulfone groups is 1. The third-order valence-electron chi connectivity index (χ3n) is 3.40. The lowest BCUT2D eigenvalue weighted by molar-refractivity contribution is 0.170. The molecule has 1 aromatic rings. The standard InChI is InChI=1S/C13H17Cl2NO3S/c14-10-4-1-5-11(15)13(10)12(17)7-16-9-3-2-6-20(18,19)8-9/h1,4-5,9,12,16-17H,2-3,6-8H2. The van der Waals surface area contributed by atoms with Gasteiger partial charge in [0.15, 0.2) is 9.84 Å². The highest BCUT2D eigenvalue weighted by molar-refractivity contribution is 7.91. The molecule has 0 aromatic heterocycles. The third kappa shape index (κ3) is 4.09. The van der Waals surface area contributed by atoms with Crippen LogP contribution in [0.5, 0.6) is 0 Å². The molecule has 1 saturated heterocycles. The van der Waals surface area contributed by atoms with Crippen molar-refractivity contribution in [1.82, 2.24) is 5.32 Å². The van der Waals surface area contributed by atoms with Gasteiger partial charge in [-0.05, 0) is 25.0 Å². The summed E-state index contributed by atoms with van der Waals surface area (Å²) in [6.45, 7) is 0.226. The number of rotatable bonds is 4. The minimum absolute atomic E-state index is 0.121. The van der Waals surface area contributed by atoms with Crippen molar-refractivity contribution in [3.63, 3.8) is 0 Å². The zero-order valence-electron chi connectivity index (χ0n) is 10.9. The largest absolute Gasteiger partial charge is 0.387 e. The first-order valence-corrected chi connectivity index (χ1v) is 9.02. The third-order valence-corrected chi connectivity index (χ3v) is 5.88. The van der Waals surface area contributed by atoms with Crippen LogP contribution in [0.3, 0.4) is 0 Å². The lowest BCUT2D eigenvalue weighted by atomic mass is 10.1. The molecule has 0 amide bonds. The first-order valence-electron chi connectivity index (χ1n) is 6.45. The van der Waals surface area contributed by atoms with Crippen molar-refractivity contribution in [2.24, 2.45) is 0 Å². The molecule has 0 radical (unpaired) electrons. The molecule has 1 aromatic carbocycles. The zero-order chi connectivity index (χ0) is 14.8. The molecule has 20 heavy (non-hydrogen) atoms. The minimum atomic E-state index is -2.96. The average molecular weight is 338 g/mol. The van der Waals surface area contributed by atoms with E-state index in [4.69, 9.17) is 23.2 Å². The maximum absolute atomic E-state index is 11.5. The molecule has 0 spiro atoms. The molecule has 4 nitrogen and oxygen atoms in total. The topological polar surface area (TPSA) is 66.4 Å². The first-order chi connectivity index (χ1) is 9.39. The summed E-state index contributed by atoms with van der Waals surface area (Å²) >= 11 is 12.0. The van der Waals surface area contributed by atoms with Gasteiger partial charge >= 0.3 is 0 Å². The second kappa shape index (κ2) is 6.62. The van der Waals surface area contributed by atoms with E-state index in [1.54, 1.807) is 18.2 Å². The van der Waals surface area contributed by atoms with Crippen LogP contribution in [0, 0.1) is 0 Å². The van der Waals surface area contributed by atoms with Crippen LogP contribution in [0.4, 0.5) is 0 Å². The lowest BCUT2D eigenvalue weighted by Gasteiger charge is -2.25. The molecule has 2 unspecified atom stereocenters. The minimum Gasteiger partial charge on any atom is -0.387 e. The van der Waals surface area contributed by atoms with Crippen LogP contribution in [-0.2, 0) is 9.84 Å². The Hall–Kier alpha value is -0.330. The van der Waals surface area contributed by atoms with Crippen molar-refractivity contribution >= 4 is 33.0 Å². The Bertz CT molecular complexity index is 557. The van der Waals surface area contributed by atoms with Crippen LogP contribution in [-0.4, -0.2) is 37.6 Å². The lowest BCUT2D eigenvalue weighted by Crippen LogP contribution is -2.41. The van der Waals surface area contributed by atoms with E-state index in [9.17, 15) is 13.5 Å². The van der Waals surface area contributed by atoms with E-state index < -0.39 is 15.9 Å². The highest BCUT2D eigenvalue weighted by atomic mass is 35.5. The maximum atomic E-state index is 11.5. The van der Waals surface area contributed by atoms with Crippen molar-refractivity contribution in [3.05, 3.63) is 33.8 Å². The monoisotopic (exact) mass is 337 g/mol. The molecular weight excluding hydrogens is 321 g/mol. The van der Waals surface area contributed by atoms with E-state index in [0.29, 0.717) is 22.0 Å². The van der Waals surface area contributed by atoms with E-state index in [0.717, 1.165) is 6.42 Å². The second-order valence-corrected chi connectivity index (χ2v) is 8.06. The predicted molar refractivity (Wildman–Crippen MR) is 81.1 cm³/mol. The van der Waals surface area contributed by atoms with Crippen molar-refractivity contribution in [3.8, 4) is 0 Å². The Morgan fingerprint density at radius 1 is 1.35 bits per heavy atom. The van der Waals surface area contributed by atoms with E-state index in [2.05, 4.69) is 5.32 Å². The number of benzene rings is 1. The summed E-state index contributed by atoms with van der Waals surface area (Å²) < 4.78 is 23.1. The second-order valence-electron chi connectivity index (χ2n) is 5.01. The summed E-state index contributed by atoms with van der Waals surface area (Å²) in [6, 6.07) is 4.92. The van der Waals surface area contributed by atoms with Gasteiger partial charge < -0.3 is 10.4 Å². The molecule has 0 saturated carbocycles. The van der Waals surface area contributed by atoms with Crippen molar-refractivity contribution < 1.29 is 13.5 Å². The van der Waals surface area contributed by atoms with Crippen LogP contribution >= 0.6 is 23.2 Å². The molecule has 1 heterocycles. The fourth-order valence-electron chi connectivity index (χ4n) is 2.39. The number of hydrogen-bond donors (Lipinski definition) is 2. The van der Waals surface area contributed by atoms with Gasteiger partial charge in [-0.25, -0.2) is 8.42 Å². The Balaban J connectivity index is 1.97. The maximum Gasteiger partial charge on any atom is 0.151 e. The fourth-order valence-corrected chi connectivity index (χ4v) is 4.71. The Morgan fingerprint density at radius 2 is 2.00 bits per heavy atom. The van der Waals surface area contributed by atoms with Gasteiger partial charge in [-0.15, -0.1) is 0 Å². The van der Waals surface area contributed by atoms with Gasteiger partial charge in [0.1, 0.15) is 0 Å². The summed E-state index contributed by atoms with van der Waals surface area (Å²) in [5.74, 6) is 0.375. The summed E-state index contributed by atoms with van der Waals surface area (Å²) in [5, 5.41) is 14.1.